The summed E-state index contributed by atoms with van der Waals surface area (Å²) in [6.45, 7) is 4.26. The van der Waals surface area contributed by atoms with Crippen LogP contribution in [0.1, 0.15) is 58.3 Å². The second-order valence-corrected chi connectivity index (χ2v) is 7.37. The van der Waals surface area contributed by atoms with Crippen molar-refractivity contribution in [2.75, 3.05) is 19.6 Å². The first-order valence-corrected chi connectivity index (χ1v) is 9.60. The molecule has 0 saturated heterocycles. The molecule has 0 heterocycles. The number of nitrogens with zero attached hydrogens (tertiary/aromatic N) is 1. The highest BCUT2D eigenvalue weighted by Gasteiger charge is 2.43. The minimum absolute atomic E-state index is 0.206. The lowest BCUT2D eigenvalue weighted by Crippen LogP contribution is -2.40. The average Bonchev–Trinajstić information content (AvgIpc) is 3.46. The van der Waals surface area contributed by atoms with Gasteiger partial charge in [0.1, 0.15) is 0 Å². The quantitative estimate of drug-likeness (QED) is 0.382. The molecular weight excluding hydrogens is 288 g/mol. The van der Waals surface area contributed by atoms with E-state index in [1.165, 1.54) is 38.5 Å². The van der Waals surface area contributed by atoms with Crippen molar-refractivity contribution in [2.45, 2.75) is 64.3 Å². The summed E-state index contributed by atoms with van der Waals surface area (Å²) in [5.74, 6) is 3.19. The Morgan fingerprint density at radius 1 is 1.09 bits per heavy atom. The van der Waals surface area contributed by atoms with Crippen LogP contribution in [0.3, 0.4) is 0 Å². The molecule has 3 fully saturated rings. The van der Waals surface area contributed by atoms with Gasteiger partial charge in [-0.3, -0.25) is 9.79 Å². The summed E-state index contributed by atoms with van der Waals surface area (Å²) < 4.78 is 0. The molecule has 3 N–H and O–H groups in total. The highest BCUT2D eigenvalue weighted by atomic mass is 16.2. The summed E-state index contributed by atoms with van der Waals surface area (Å²) in [6, 6.07) is 0.608. The monoisotopic (exact) mass is 320 g/mol. The molecule has 2 atom stereocenters. The molecule has 0 bridgehead atoms. The maximum atomic E-state index is 11.6. The topological polar surface area (TPSA) is 65.5 Å². The first-order valence-electron chi connectivity index (χ1n) is 9.60. The van der Waals surface area contributed by atoms with Crippen molar-refractivity contribution < 1.29 is 4.79 Å². The van der Waals surface area contributed by atoms with Crippen molar-refractivity contribution in [3.63, 3.8) is 0 Å². The molecule has 2 unspecified atom stereocenters. The fourth-order valence-corrected chi connectivity index (χ4v) is 3.80. The predicted molar refractivity (Wildman–Crippen MR) is 93.3 cm³/mol. The molecule has 3 aliphatic rings. The lowest BCUT2D eigenvalue weighted by molar-refractivity contribution is -0.122. The van der Waals surface area contributed by atoms with Crippen LogP contribution in [0.4, 0.5) is 0 Å². The zero-order valence-corrected chi connectivity index (χ0v) is 14.4. The lowest BCUT2D eigenvalue weighted by atomic mass is 9.85. The SMILES string of the molecule is CCNC(=NCCNC(=O)C1CC1)NC1CC1C1CCCCC1. The Kier molecular flexibility index (Phi) is 5.79. The van der Waals surface area contributed by atoms with Crippen molar-refractivity contribution in [2.24, 2.45) is 22.7 Å². The molecule has 0 aromatic heterocycles. The second kappa shape index (κ2) is 8.02. The third kappa shape index (κ3) is 5.11. The Morgan fingerprint density at radius 3 is 2.57 bits per heavy atom. The van der Waals surface area contributed by atoms with Crippen LogP contribution in [0.2, 0.25) is 0 Å². The Labute approximate surface area is 140 Å². The van der Waals surface area contributed by atoms with Gasteiger partial charge in [-0.15, -0.1) is 0 Å². The molecule has 3 rings (SSSR count). The van der Waals surface area contributed by atoms with E-state index in [0.717, 1.165) is 37.2 Å². The standard InChI is InChI=1S/C18H32N4O/c1-2-19-18(21-11-10-20-17(23)14-8-9-14)22-16-12-15(16)13-6-4-3-5-7-13/h13-16H,2-12H2,1H3,(H,20,23)(H2,19,21,22). The summed E-state index contributed by atoms with van der Waals surface area (Å²) in [7, 11) is 0. The smallest absolute Gasteiger partial charge is 0.223 e. The maximum Gasteiger partial charge on any atom is 0.223 e. The molecule has 3 saturated carbocycles. The number of aliphatic imine (C=N–C) groups is 1. The van der Waals surface area contributed by atoms with Crippen molar-refractivity contribution in [3.8, 4) is 0 Å². The van der Waals surface area contributed by atoms with Crippen LogP contribution in [-0.4, -0.2) is 37.5 Å². The second-order valence-electron chi connectivity index (χ2n) is 7.37. The number of carbonyl (C=O) groups excluding carboxylic acids is 1. The molecular formula is C18H32N4O. The van der Waals surface area contributed by atoms with Gasteiger partial charge in [-0.05, 0) is 38.0 Å². The molecule has 0 aromatic carbocycles. The molecule has 0 radical (unpaired) electrons. The van der Waals surface area contributed by atoms with Crippen LogP contribution in [-0.2, 0) is 4.79 Å². The maximum absolute atomic E-state index is 11.6. The zero-order valence-electron chi connectivity index (χ0n) is 14.4. The molecule has 0 spiro atoms. The summed E-state index contributed by atoms with van der Waals surface area (Å²) in [5, 5.41) is 9.89. The van der Waals surface area contributed by atoms with Crippen molar-refractivity contribution in [3.05, 3.63) is 0 Å². The van der Waals surface area contributed by atoms with Crippen LogP contribution in [0, 0.1) is 17.8 Å². The van der Waals surface area contributed by atoms with Crippen molar-refractivity contribution >= 4 is 11.9 Å². The van der Waals surface area contributed by atoms with E-state index in [2.05, 4.69) is 27.9 Å². The van der Waals surface area contributed by atoms with E-state index in [1.807, 2.05) is 0 Å². The number of guanidine groups is 1. The van der Waals surface area contributed by atoms with Crippen LogP contribution in [0.15, 0.2) is 4.99 Å². The van der Waals surface area contributed by atoms with E-state index in [1.54, 1.807) is 0 Å². The van der Waals surface area contributed by atoms with Gasteiger partial charge in [0, 0.05) is 25.0 Å². The zero-order chi connectivity index (χ0) is 16.1. The van der Waals surface area contributed by atoms with Gasteiger partial charge < -0.3 is 16.0 Å². The number of hydrogen-bond acceptors (Lipinski definition) is 2. The molecule has 3 aliphatic carbocycles. The number of amides is 1. The summed E-state index contributed by atoms with van der Waals surface area (Å²) in [5.41, 5.74) is 0. The van der Waals surface area contributed by atoms with E-state index in [9.17, 15) is 4.79 Å². The first-order chi connectivity index (χ1) is 11.3. The third-order valence-corrected chi connectivity index (χ3v) is 5.39. The minimum atomic E-state index is 0.206. The van der Waals surface area contributed by atoms with Crippen LogP contribution < -0.4 is 16.0 Å². The minimum Gasteiger partial charge on any atom is -0.357 e. The largest absolute Gasteiger partial charge is 0.357 e. The van der Waals surface area contributed by atoms with Gasteiger partial charge in [0.05, 0.1) is 6.54 Å². The van der Waals surface area contributed by atoms with Gasteiger partial charge in [0.25, 0.3) is 0 Å². The van der Waals surface area contributed by atoms with E-state index in [-0.39, 0.29) is 11.8 Å². The first kappa shape index (κ1) is 16.6. The van der Waals surface area contributed by atoms with Gasteiger partial charge in [0.15, 0.2) is 5.96 Å². The lowest BCUT2D eigenvalue weighted by Gasteiger charge is -2.22. The summed E-state index contributed by atoms with van der Waals surface area (Å²) in [6.07, 6.45) is 10.5. The molecule has 0 aromatic rings. The van der Waals surface area contributed by atoms with E-state index in [4.69, 9.17) is 0 Å². The van der Waals surface area contributed by atoms with Gasteiger partial charge in [0.2, 0.25) is 5.91 Å². The predicted octanol–water partition coefficient (Wildman–Crippen LogP) is 2.04. The van der Waals surface area contributed by atoms with Crippen molar-refractivity contribution in [1.29, 1.82) is 0 Å². The molecule has 23 heavy (non-hydrogen) atoms. The molecule has 0 aliphatic heterocycles. The fourth-order valence-electron chi connectivity index (χ4n) is 3.80. The number of rotatable bonds is 7. The Hall–Kier alpha value is -1.26. The number of nitrogens with one attached hydrogen (secondary N) is 3. The normalized spacial score (nSPS) is 28.3. The molecule has 1 amide bonds. The number of carbonyl (C=O) groups is 1. The summed E-state index contributed by atoms with van der Waals surface area (Å²) >= 11 is 0. The van der Waals surface area contributed by atoms with Gasteiger partial charge in [-0.2, -0.15) is 0 Å². The van der Waals surface area contributed by atoms with E-state index >= 15 is 0 Å². The molecule has 5 heteroatoms. The number of hydrogen-bond donors (Lipinski definition) is 3. The van der Waals surface area contributed by atoms with Crippen LogP contribution >= 0.6 is 0 Å². The van der Waals surface area contributed by atoms with Gasteiger partial charge >= 0.3 is 0 Å². The van der Waals surface area contributed by atoms with E-state index in [0.29, 0.717) is 19.1 Å². The van der Waals surface area contributed by atoms with Gasteiger partial charge in [-0.25, -0.2) is 0 Å². The van der Waals surface area contributed by atoms with E-state index < -0.39 is 0 Å². The van der Waals surface area contributed by atoms with Crippen molar-refractivity contribution in [1.82, 2.24) is 16.0 Å². The highest BCUT2D eigenvalue weighted by molar-refractivity contribution is 5.81. The summed E-state index contributed by atoms with van der Waals surface area (Å²) in [4.78, 5) is 16.2. The Morgan fingerprint density at radius 2 is 1.87 bits per heavy atom. The Bertz CT molecular complexity index is 427. The fraction of sp³-hybridized carbons (Fsp3) is 0.889. The highest BCUT2D eigenvalue weighted by Crippen LogP contribution is 2.44. The van der Waals surface area contributed by atoms with Crippen LogP contribution in [0.5, 0.6) is 0 Å². The molecule has 5 nitrogen and oxygen atoms in total. The van der Waals surface area contributed by atoms with Gasteiger partial charge in [-0.1, -0.05) is 32.1 Å². The molecule has 130 valence electrons. The average molecular weight is 320 g/mol. The third-order valence-electron chi connectivity index (χ3n) is 5.39. The van der Waals surface area contributed by atoms with Crippen LogP contribution in [0.25, 0.3) is 0 Å². The Balaban J connectivity index is 1.37.